The van der Waals surface area contributed by atoms with Gasteiger partial charge in [0.1, 0.15) is 12.6 Å². The molecule has 0 radical (unpaired) electrons. The Morgan fingerprint density at radius 3 is 2.18 bits per heavy atom. The summed E-state index contributed by atoms with van der Waals surface area (Å²) in [5, 5.41) is 14.1. The molecular formula is C25H30N2O7. The second-order valence-electron chi connectivity index (χ2n) is 7.72. The van der Waals surface area contributed by atoms with Crippen LogP contribution in [0.15, 0.2) is 48.5 Å². The molecule has 0 heterocycles. The number of hydrogen-bond donors (Lipinski definition) is 3. The van der Waals surface area contributed by atoms with Gasteiger partial charge in [0.2, 0.25) is 5.91 Å². The van der Waals surface area contributed by atoms with Gasteiger partial charge in [0.25, 0.3) is 0 Å². The van der Waals surface area contributed by atoms with E-state index >= 15 is 0 Å². The minimum Gasteiger partial charge on any atom is -0.481 e. The minimum absolute atomic E-state index is 0.0644. The highest BCUT2D eigenvalue weighted by molar-refractivity contribution is 5.89. The summed E-state index contributed by atoms with van der Waals surface area (Å²) in [5.41, 5.74) is 4.30. The van der Waals surface area contributed by atoms with Crippen LogP contribution in [0.25, 0.3) is 11.1 Å². The Morgan fingerprint density at radius 1 is 0.941 bits per heavy atom. The summed E-state index contributed by atoms with van der Waals surface area (Å²) in [7, 11) is 0. The molecule has 3 rings (SSSR count). The van der Waals surface area contributed by atoms with Crippen molar-refractivity contribution in [1.29, 1.82) is 0 Å². The second kappa shape index (κ2) is 12.7. The van der Waals surface area contributed by atoms with Crippen molar-refractivity contribution in [3.05, 3.63) is 59.7 Å². The van der Waals surface area contributed by atoms with E-state index in [-0.39, 0.29) is 25.7 Å². The summed E-state index contributed by atoms with van der Waals surface area (Å²) >= 11 is 0. The lowest BCUT2D eigenvalue weighted by Gasteiger charge is -2.18. The molecule has 3 N–H and O–H groups in total. The zero-order valence-electron chi connectivity index (χ0n) is 19.1. The Morgan fingerprint density at radius 2 is 1.56 bits per heavy atom. The standard InChI is InChI=1S/C25H30N2O7/c1-2-32-13-14-33-12-11-26-24(30)22(15-23(28)29)27-25(31)34-16-21-19-9-5-3-7-17(19)18-8-4-6-10-20(18)21/h3-10,21-22H,2,11-16H2,1H3,(H,26,30)(H,27,31)(H,28,29). The number of alkyl carbamates (subject to hydrolysis) is 1. The first kappa shape index (κ1) is 25.2. The number of fused-ring (bicyclic) bond motifs is 3. The van der Waals surface area contributed by atoms with Crippen LogP contribution in [0.3, 0.4) is 0 Å². The van der Waals surface area contributed by atoms with Crippen molar-refractivity contribution in [2.45, 2.75) is 25.3 Å². The molecule has 1 unspecified atom stereocenters. The number of hydrogen-bond acceptors (Lipinski definition) is 6. The van der Waals surface area contributed by atoms with E-state index in [2.05, 4.69) is 10.6 Å². The highest BCUT2D eigenvalue weighted by Crippen LogP contribution is 2.44. The highest BCUT2D eigenvalue weighted by atomic mass is 16.5. The number of carboxylic acids is 1. The topological polar surface area (TPSA) is 123 Å². The number of benzene rings is 2. The lowest BCUT2D eigenvalue weighted by atomic mass is 9.98. The first-order valence-electron chi connectivity index (χ1n) is 11.3. The van der Waals surface area contributed by atoms with E-state index in [1.165, 1.54) is 0 Å². The van der Waals surface area contributed by atoms with Crippen LogP contribution in [-0.4, -0.2) is 68.7 Å². The van der Waals surface area contributed by atoms with Crippen molar-refractivity contribution in [1.82, 2.24) is 10.6 Å². The molecule has 1 atom stereocenters. The predicted octanol–water partition coefficient (Wildman–Crippen LogP) is 2.54. The molecule has 2 amide bonds. The van der Waals surface area contributed by atoms with Crippen LogP contribution in [-0.2, 0) is 23.8 Å². The summed E-state index contributed by atoms with van der Waals surface area (Å²) in [6, 6.07) is 14.6. The first-order valence-corrected chi connectivity index (χ1v) is 11.3. The Kier molecular flexibility index (Phi) is 9.42. The van der Waals surface area contributed by atoms with E-state index in [0.717, 1.165) is 22.3 Å². The van der Waals surface area contributed by atoms with Gasteiger partial charge in [-0.1, -0.05) is 48.5 Å². The first-order chi connectivity index (χ1) is 16.5. The van der Waals surface area contributed by atoms with Gasteiger partial charge >= 0.3 is 12.1 Å². The van der Waals surface area contributed by atoms with E-state index in [4.69, 9.17) is 19.3 Å². The van der Waals surface area contributed by atoms with Crippen LogP contribution < -0.4 is 10.6 Å². The SMILES string of the molecule is CCOCCOCCNC(=O)C(CC(=O)O)NC(=O)OCC1c2ccccc2-c2ccccc21. The number of nitrogens with one attached hydrogen (secondary N) is 2. The van der Waals surface area contributed by atoms with Crippen molar-refractivity contribution in [3.8, 4) is 11.1 Å². The highest BCUT2D eigenvalue weighted by Gasteiger charge is 2.30. The molecular weight excluding hydrogens is 440 g/mol. The molecule has 1 aliphatic rings. The third kappa shape index (κ3) is 6.79. The Balaban J connectivity index is 1.52. The van der Waals surface area contributed by atoms with Gasteiger partial charge in [-0.05, 0) is 29.2 Å². The molecule has 1 aliphatic carbocycles. The van der Waals surface area contributed by atoms with Gasteiger partial charge in [-0.3, -0.25) is 9.59 Å². The molecule has 0 aromatic heterocycles. The number of ether oxygens (including phenoxy) is 3. The summed E-state index contributed by atoms with van der Waals surface area (Å²) in [5.74, 6) is -1.98. The van der Waals surface area contributed by atoms with Crippen LogP contribution in [0.1, 0.15) is 30.4 Å². The molecule has 0 saturated heterocycles. The van der Waals surface area contributed by atoms with Crippen molar-refractivity contribution >= 4 is 18.0 Å². The Hall–Kier alpha value is -3.43. The van der Waals surface area contributed by atoms with Crippen LogP contribution in [0.2, 0.25) is 0 Å². The Labute approximate surface area is 198 Å². The van der Waals surface area contributed by atoms with Crippen molar-refractivity contribution < 1.29 is 33.7 Å². The molecule has 0 aliphatic heterocycles. The smallest absolute Gasteiger partial charge is 0.407 e. The maximum absolute atomic E-state index is 12.5. The minimum atomic E-state index is -1.27. The van der Waals surface area contributed by atoms with Crippen LogP contribution in [0.5, 0.6) is 0 Å². The number of carbonyl (C=O) groups is 3. The maximum atomic E-state index is 12.5. The lowest BCUT2D eigenvalue weighted by Crippen LogP contribution is -2.48. The second-order valence-corrected chi connectivity index (χ2v) is 7.72. The maximum Gasteiger partial charge on any atom is 0.407 e. The van der Waals surface area contributed by atoms with Gasteiger partial charge in [-0.15, -0.1) is 0 Å². The molecule has 9 nitrogen and oxygen atoms in total. The molecule has 0 spiro atoms. The molecule has 0 fully saturated rings. The monoisotopic (exact) mass is 470 g/mol. The molecule has 2 aromatic rings. The van der Waals surface area contributed by atoms with E-state index in [9.17, 15) is 14.4 Å². The van der Waals surface area contributed by atoms with Crippen LogP contribution in [0, 0.1) is 0 Å². The molecule has 34 heavy (non-hydrogen) atoms. The average molecular weight is 471 g/mol. The van der Waals surface area contributed by atoms with E-state index < -0.39 is 30.4 Å². The molecule has 9 heteroatoms. The zero-order chi connectivity index (χ0) is 24.3. The van der Waals surface area contributed by atoms with E-state index in [1.54, 1.807) is 0 Å². The van der Waals surface area contributed by atoms with Gasteiger partial charge in [-0.2, -0.15) is 0 Å². The number of rotatable bonds is 13. The average Bonchev–Trinajstić information content (AvgIpc) is 3.15. The fraction of sp³-hybridized carbons (Fsp3) is 0.400. The molecule has 2 aromatic carbocycles. The van der Waals surface area contributed by atoms with Crippen molar-refractivity contribution in [2.24, 2.45) is 0 Å². The molecule has 182 valence electrons. The van der Waals surface area contributed by atoms with Gasteiger partial charge in [0, 0.05) is 19.1 Å². The van der Waals surface area contributed by atoms with Crippen molar-refractivity contribution in [3.63, 3.8) is 0 Å². The lowest BCUT2D eigenvalue weighted by molar-refractivity contribution is -0.139. The molecule has 0 saturated carbocycles. The van der Waals surface area contributed by atoms with Gasteiger partial charge in [0.15, 0.2) is 0 Å². The predicted molar refractivity (Wildman–Crippen MR) is 125 cm³/mol. The zero-order valence-corrected chi connectivity index (χ0v) is 19.1. The van der Waals surface area contributed by atoms with Crippen molar-refractivity contribution in [2.75, 3.05) is 39.6 Å². The third-order valence-corrected chi connectivity index (χ3v) is 5.45. The number of aliphatic carboxylic acids is 1. The summed E-state index contributed by atoms with van der Waals surface area (Å²) in [6.45, 7) is 3.80. The number of carboxylic acid groups (broad SMARTS) is 1. The largest absolute Gasteiger partial charge is 0.481 e. The van der Waals surface area contributed by atoms with Crippen LogP contribution >= 0.6 is 0 Å². The fourth-order valence-electron chi connectivity index (χ4n) is 3.90. The summed E-state index contributed by atoms with van der Waals surface area (Å²) in [6.07, 6.45) is -1.42. The molecule has 0 bridgehead atoms. The quantitative estimate of drug-likeness (QED) is 0.385. The number of amides is 2. The van der Waals surface area contributed by atoms with Gasteiger partial charge < -0.3 is 30.0 Å². The third-order valence-electron chi connectivity index (χ3n) is 5.45. The summed E-state index contributed by atoms with van der Waals surface area (Å²) in [4.78, 5) is 36.1. The van der Waals surface area contributed by atoms with E-state index in [0.29, 0.717) is 19.8 Å². The normalized spacial score (nSPS) is 13.0. The van der Waals surface area contributed by atoms with E-state index in [1.807, 2.05) is 55.5 Å². The Bertz CT molecular complexity index is 949. The number of carbonyl (C=O) groups excluding carboxylic acids is 2. The van der Waals surface area contributed by atoms with Gasteiger partial charge in [-0.25, -0.2) is 4.79 Å². The van der Waals surface area contributed by atoms with Gasteiger partial charge in [0.05, 0.1) is 26.2 Å². The fourth-order valence-corrected chi connectivity index (χ4v) is 3.90. The van der Waals surface area contributed by atoms with Crippen LogP contribution in [0.4, 0.5) is 4.79 Å². The summed E-state index contributed by atoms with van der Waals surface area (Å²) < 4.78 is 15.9.